The van der Waals surface area contributed by atoms with Crippen LogP contribution in [0, 0.1) is 0 Å². The SMILES string of the molecule is c1ccc(-n2c3ccccc3c3cc(-c4ccc5c(c4)c4cc(-c6ccc(-n7c8ccccc8c8ccccc87)cc6)ccc4n5Cc4c5ccccc5cc5ccccc45)ccc32)cc1. The Morgan fingerprint density at radius 1 is 0.242 bits per heavy atom. The minimum Gasteiger partial charge on any atom is -0.336 e. The average molecular weight is 840 g/mol. The monoisotopic (exact) mass is 839 g/mol. The van der Waals surface area contributed by atoms with E-state index in [0.29, 0.717) is 0 Å². The van der Waals surface area contributed by atoms with Gasteiger partial charge < -0.3 is 13.7 Å². The number of aromatic nitrogens is 3. The van der Waals surface area contributed by atoms with Crippen molar-refractivity contribution >= 4 is 87.0 Å². The first-order valence-corrected chi connectivity index (χ1v) is 22.9. The molecule has 14 aromatic rings. The second kappa shape index (κ2) is 14.4. The van der Waals surface area contributed by atoms with E-state index in [-0.39, 0.29) is 0 Å². The zero-order valence-corrected chi connectivity index (χ0v) is 36.1. The topological polar surface area (TPSA) is 14.8 Å². The molecular formula is C63H41N3. The van der Waals surface area contributed by atoms with Gasteiger partial charge in [-0.15, -0.1) is 0 Å². The van der Waals surface area contributed by atoms with E-state index in [1.54, 1.807) is 0 Å². The van der Waals surface area contributed by atoms with Gasteiger partial charge >= 0.3 is 0 Å². The van der Waals surface area contributed by atoms with Crippen LogP contribution in [0.4, 0.5) is 0 Å². The van der Waals surface area contributed by atoms with Crippen molar-refractivity contribution in [1.29, 1.82) is 0 Å². The first kappa shape index (κ1) is 36.8. The maximum absolute atomic E-state index is 2.55. The Labute approximate surface area is 381 Å². The average Bonchev–Trinajstić information content (AvgIpc) is 4.01. The summed E-state index contributed by atoms with van der Waals surface area (Å²) >= 11 is 0. The molecule has 11 aromatic carbocycles. The fraction of sp³-hybridized carbons (Fsp3) is 0.0159. The summed E-state index contributed by atoms with van der Waals surface area (Å²) in [5.74, 6) is 0. The highest BCUT2D eigenvalue weighted by molar-refractivity contribution is 6.14. The molecule has 0 aliphatic rings. The van der Waals surface area contributed by atoms with Crippen molar-refractivity contribution in [2.75, 3.05) is 0 Å². The van der Waals surface area contributed by atoms with Crippen LogP contribution in [0.5, 0.6) is 0 Å². The van der Waals surface area contributed by atoms with E-state index in [0.717, 1.165) is 12.2 Å². The van der Waals surface area contributed by atoms with Crippen molar-refractivity contribution in [1.82, 2.24) is 13.7 Å². The molecule has 0 unspecified atom stereocenters. The molecule has 3 nitrogen and oxygen atoms in total. The van der Waals surface area contributed by atoms with E-state index < -0.39 is 0 Å². The van der Waals surface area contributed by atoms with E-state index >= 15 is 0 Å². The van der Waals surface area contributed by atoms with E-state index in [1.807, 2.05) is 0 Å². The summed E-state index contributed by atoms with van der Waals surface area (Å²) < 4.78 is 7.33. The number of para-hydroxylation sites is 4. The second-order valence-electron chi connectivity index (χ2n) is 17.7. The number of benzene rings is 11. The van der Waals surface area contributed by atoms with Crippen LogP contribution in [0.2, 0.25) is 0 Å². The Bertz CT molecular complexity index is 4130. The van der Waals surface area contributed by atoms with Crippen LogP contribution in [0.15, 0.2) is 237 Å². The summed E-state index contributed by atoms with van der Waals surface area (Å²) in [5, 5.41) is 12.7. The van der Waals surface area contributed by atoms with Crippen molar-refractivity contribution in [3.8, 4) is 33.6 Å². The van der Waals surface area contributed by atoms with Gasteiger partial charge in [-0.05, 0) is 134 Å². The summed E-state index contributed by atoms with van der Waals surface area (Å²) in [6, 6.07) is 87.3. The Kier molecular flexibility index (Phi) is 8.04. The molecule has 308 valence electrons. The Balaban J connectivity index is 0.949. The molecule has 0 aliphatic carbocycles. The third-order valence-corrected chi connectivity index (χ3v) is 14.1. The molecule has 3 heteroatoms. The zero-order chi connectivity index (χ0) is 43.3. The first-order valence-electron chi connectivity index (χ1n) is 22.9. The van der Waals surface area contributed by atoms with Gasteiger partial charge in [0.25, 0.3) is 0 Å². The molecule has 0 aliphatic heterocycles. The third-order valence-electron chi connectivity index (χ3n) is 14.1. The highest BCUT2D eigenvalue weighted by Crippen LogP contribution is 2.40. The van der Waals surface area contributed by atoms with Gasteiger partial charge in [0.05, 0.1) is 22.1 Å². The smallest absolute Gasteiger partial charge is 0.0541 e. The predicted octanol–water partition coefficient (Wildman–Crippen LogP) is 16.7. The van der Waals surface area contributed by atoms with E-state index in [9.17, 15) is 0 Å². The lowest BCUT2D eigenvalue weighted by Gasteiger charge is -2.15. The molecule has 14 rings (SSSR count). The number of rotatable bonds is 6. The second-order valence-corrected chi connectivity index (χ2v) is 17.7. The lowest BCUT2D eigenvalue weighted by atomic mass is 9.96. The number of fused-ring (bicyclic) bond motifs is 11. The van der Waals surface area contributed by atoms with E-state index in [4.69, 9.17) is 0 Å². The highest BCUT2D eigenvalue weighted by atomic mass is 15.0. The summed E-state index contributed by atoms with van der Waals surface area (Å²) in [5.41, 5.74) is 15.8. The molecule has 0 saturated carbocycles. The van der Waals surface area contributed by atoms with Gasteiger partial charge in [-0.1, -0.05) is 152 Å². The Hall–Kier alpha value is -8.66. The Morgan fingerprint density at radius 3 is 1.14 bits per heavy atom. The molecule has 0 bridgehead atoms. The molecule has 0 amide bonds. The number of hydrogen-bond acceptors (Lipinski definition) is 0. The van der Waals surface area contributed by atoms with Crippen molar-refractivity contribution in [3.05, 3.63) is 242 Å². The predicted molar refractivity (Wildman–Crippen MR) is 280 cm³/mol. The molecule has 0 atom stereocenters. The van der Waals surface area contributed by atoms with E-state index in [2.05, 4.69) is 250 Å². The molecule has 0 spiro atoms. The molecule has 0 radical (unpaired) electrons. The minimum atomic E-state index is 0.749. The van der Waals surface area contributed by atoms with Gasteiger partial charge in [-0.3, -0.25) is 0 Å². The van der Waals surface area contributed by atoms with Gasteiger partial charge in [0.1, 0.15) is 0 Å². The summed E-state index contributed by atoms with van der Waals surface area (Å²) in [7, 11) is 0. The maximum Gasteiger partial charge on any atom is 0.0541 e. The summed E-state index contributed by atoms with van der Waals surface area (Å²) in [6.45, 7) is 0.749. The standard InChI is InChI=1S/C63H41N3/c1-2-16-47(17-3-1)65-62-25-13-10-22-53(62)54-38-44(30-35-63(54)65)43-29-34-59-56(39-43)55-37-42(41-26-31-48(32-27-41)66-60-23-11-8-20-51(60)52-21-9-12-24-61(52)66)28-33-58(55)64(59)40-57-49-18-6-4-14-45(49)36-46-15-5-7-19-50(46)57/h1-39H,40H2. The van der Waals surface area contributed by atoms with Crippen molar-refractivity contribution < 1.29 is 0 Å². The normalized spacial score (nSPS) is 12.0. The van der Waals surface area contributed by atoms with Crippen LogP contribution in [-0.2, 0) is 6.54 Å². The van der Waals surface area contributed by atoms with Crippen LogP contribution < -0.4 is 0 Å². The molecule has 3 aromatic heterocycles. The molecule has 66 heavy (non-hydrogen) atoms. The van der Waals surface area contributed by atoms with Gasteiger partial charge in [0, 0.05) is 61.3 Å². The molecule has 0 saturated heterocycles. The lowest BCUT2D eigenvalue weighted by Crippen LogP contribution is -2.01. The fourth-order valence-corrected chi connectivity index (χ4v) is 11.1. The molecule has 3 heterocycles. The summed E-state index contributed by atoms with van der Waals surface area (Å²) in [4.78, 5) is 0. The van der Waals surface area contributed by atoms with Crippen LogP contribution in [-0.4, -0.2) is 13.7 Å². The van der Waals surface area contributed by atoms with Crippen molar-refractivity contribution in [2.24, 2.45) is 0 Å². The largest absolute Gasteiger partial charge is 0.336 e. The zero-order valence-electron chi connectivity index (χ0n) is 36.1. The third kappa shape index (κ3) is 5.57. The first-order chi connectivity index (χ1) is 32.7. The minimum absolute atomic E-state index is 0.749. The van der Waals surface area contributed by atoms with Gasteiger partial charge in [0.2, 0.25) is 0 Å². The highest BCUT2D eigenvalue weighted by Gasteiger charge is 2.19. The molecular weight excluding hydrogens is 799 g/mol. The summed E-state index contributed by atoms with van der Waals surface area (Å²) in [6.07, 6.45) is 0. The Morgan fingerprint density at radius 2 is 0.606 bits per heavy atom. The van der Waals surface area contributed by atoms with Gasteiger partial charge in [-0.2, -0.15) is 0 Å². The van der Waals surface area contributed by atoms with Crippen LogP contribution in [0.3, 0.4) is 0 Å². The van der Waals surface area contributed by atoms with Gasteiger partial charge in [-0.25, -0.2) is 0 Å². The van der Waals surface area contributed by atoms with Crippen molar-refractivity contribution in [2.45, 2.75) is 6.54 Å². The number of hydrogen-bond donors (Lipinski definition) is 0. The van der Waals surface area contributed by atoms with Crippen LogP contribution >= 0.6 is 0 Å². The quantitative estimate of drug-likeness (QED) is 0.148. The fourth-order valence-electron chi connectivity index (χ4n) is 11.1. The van der Waals surface area contributed by atoms with Crippen LogP contribution in [0.25, 0.3) is 121 Å². The molecule has 0 N–H and O–H groups in total. The van der Waals surface area contributed by atoms with Gasteiger partial charge in [0.15, 0.2) is 0 Å². The van der Waals surface area contributed by atoms with Crippen LogP contribution in [0.1, 0.15) is 5.56 Å². The number of nitrogens with zero attached hydrogens (tertiary/aromatic N) is 3. The maximum atomic E-state index is 2.55. The molecule has 0 fully saturated rings. The lowest BCUT2D eigenvalue weighted by molar-refractivity contribution is 0.882. The van der Waals surface area contributed by atoms with Crippen molar-refractivity contribution in [3.63, 3.8) is 0 Å². The van der Waals surface area contributed by atoms with E-state index in [1.165, 1.54) is 120 Å².